The highest BCUT2D eigenvalue weighted by Crippen LogP contribution is 2.10. The van der Waals surface area contributed by atoms with Gasteiger partial charge in [-0.15, -0.1) is 12.4 Å². The second-order valence-electron chi connectivity index (χ2n) is 3.46. The van der Waals surface area contributed by atoms with Gasteiger partial charge in [-0.2, -0.15) is 0 Å². The van der Waals surface area contributed by atoms with Crippen molar-refractivity contribution in [2.45, 2.75) is 19.8 Å². The Morgan fingerprint density at radius 3 is 2.40 bits per heavy atom. The molecule has 1 aromatic rings. The van der Waals surface area contributed by atoms with Gasteiger partial charge in [0.05, 0.1) is 0 Å². The van der Waals surface area contributed by atoms with E-state index in [-0.39, 0.29) is 12.4 Å². The van der Waals surface area contributed by atoms with E-state index in [1.54, 1.807) is 5.54 Å². The van der Waals surface area contributed by atoms with Crippen LogP contribution in [-0.4, -0.2) is 6.54 Å². The quantitative estimate of drug-likeness (QED) is 0.865. The van der Waals surface area contributed by atoms with Crippen LogP contribution in [0.4, 0.5) is 0 Å². The van der Waals surface area contributed by atoms with Gasteiger partial charge in [0.1, 0.15) is 0 Å². The minimum absolute atomic E-state index is 0. The van der Waals surface area contributed by atoms with Crippen LogP contribution in [0.5, 0.6) is 0 Å². The molecule has 1 rings (SSSR count). The van der Waals surface area contributed by atoms with Crippen LogP contribution in [0, 0.1) is 6.92 Å². The zero-order chi connectivity index (χ0) is 10.4. The summed E-state index contributed by atoms with van der Waals surface area (Å²) in [5.74, 6) is 0. The lowest BCUT2D eigenvalue weighted by Gasteiger charge is -2.03. The minimum atomic E-state index is 0. The topological polar surface area (TPSA) is 26.0 Å². The molecular weight excluding hydrogens is 229 g/mol. The Balaban J connectivity index is 0.00000196. The summed E-state index contributed by atoms with van der Waals surface area (Å²) in [6.45, 7) is 2.64. The molecule has 3 heteroatoms. The van der Waals surface area contributed by atoms with Crippen molar-refractivity contribution < 1.29 is 0 Å². The summed E-state index contributed by atoms with van der Waals surface area (Å²) in [4.78, 5) is 0. The average molecular weight is 246 g/mol. The van der Waals surface area contributed by atoms with Gasteiger partial charge < -0.3 is 5.73 Å². The van der Waals surface area contributed by atoms with E-state index in [2.05, 4.69) is 31.2 Å². The van der Waals surface area contributed by atoms with Crippen molar-refractivity contribution >= 4 is 24.0 Å². The SMILES string of the molecule is Cc1ccc(CC/C(=C\Cl)CN)cc1.Cl. The zero-order valence-corrected chi connectivity index (χ0v) is 10.4. The van der Waals surface area contributed by atoms with E-state index in [1.165, 1.54) is 11.1 Å². The first-order valence-electron chi connectivity index (χ1n) is 4.80. The van der Waals surface area contributed by atoms with Crippen LogP contribution in [0.2, 0.25) is 0 Å². The van der Waals surface area contributed by atoms with Crippen LogP contribution in [0.25, 0.3) is 0 Å². The third-order valence-corrected chi connectivity index (χ3v) is 2.58. The van der Waals surface area contributed by atoms with E-state index in [0.717, 1.165) is 18.4 Å². The first kappa shape index (κ1) is 14.5. The van der Waals surface area contributed by atoms with Gasteiger partial charge >= 0.3 is 0 Å². The molecule has 0 unspecified atom stereocenters. The molecule has 84 valence electrons. The molecule has 0 aromatic heterocycles. The highest BCUT2D eigenvalue weighted by molar-refractivity contribution is 6.25. The molecule has 0 bridgehead atoms. The predicted molar refractivity (Wildman–Crippen MR) is 69.7 cm³/mol. The van der Waals surface area contributed by atoms with E-state index in [0.29, 0.717) is 6.54 Å². The molecule has 0 aliphatic heterocycles. The molecule has 1 aromatic carbocycles. The molecule has 0 fully saturated rings. The molecule has 0 atom stereocenters. The summed E-state index contributed by atoms with van der Waals surface area (Å²) in [5, 5.41) is 0. The smallest absolute Gasteiger partial charge is 0.0148 e. The van der Waals surface area contributed by atoms with E-state index in [1.807, 2.05) is 0 Å². The van der Waals surface area contributed by atoms with Crippen LogP contribution in [-0.2, 0) is 6.42 Å². The van der Waals surface area contributed by atoms with Crippen molar-refractivity contribution in [3.05, 3.63) is 46.5 Å². The van der Waals surface area contributed by atoms with Crippen molar-refractivity contribution in [3.63, 3.8) is 0 Å². The van der Waals surface area contributed by atoms with Gasteiger partial charge in [-0.05, 0) is 30.9 Å². The molecule has 0 saturated carbocycles. The zero-order valence-electron chi connectivity index (χ0n) is 8.87. The lowest BCUT2D eigenvalue weighted by Crippen LogP contribution is -2.03. The number of rotatable bonds is 4. The molecule has 0 aliphatic carbocycles. The number of aryl methyl sites for hydroxylation is 2. The fraction of sp³-hybridized carbons (Fsp3) is 0.333. The van der Waals surface area contributed by atoms with Gasteiger partial charge in [-0.3, -0.25) is 0 Å². The Bertz CT molecular complexity index is 304. The average Bonchev–Trinajstić information content (AvgIpc) is 2.22. The van der Waals surface area contributed by atoms with E-state index >= 15 is 0 Å². The van der Waals surface area contributed by atoms with Gasteiger partial charge in [-0.1, -0.05) is 41.4 Å². The molecule has 0 spiro atoms. The normalized spacial score (nSPS) is 11.0. The number of benzene rings is 1. The van der Waals surface area contributed by atoms with Crippen LogP contribution in [0.3, 0.4) is 0 Å². The Kier molecular flexibility index (Phi) is 7.49. The lowest BCUT2D eigenvalue weighted by atomic mass is 10.0. The molecule has 0 heterocycles. The lowest BCUT2D eigenvalue weighted by molar-refractivity contribution is 0.906. The monoisotopic (exact) mass is 245 g/mol. The molecule has 0 aliphatic rings. The molecule has 1 nitrogen and oxygen atoms in total. The molecule has 15 heavy (non-hydrogen) atoms. The first-order chi connectivity index (χ1) is 6.76. The molecular formula is C12H17Cl2N. The van der Waals surface area contributed by atoms with Crippen LogP contribution in [0.1, 0.15) is 17.5 Å². The van der Waals surface area contributed by atoms with Gasteiger partial charge in [0.15, 0.2) is 0 Å². The summed E-state index contributed by atoms with van der Waals surface area (Å²) >= 11 is 5.62. The standard InChI is InChI=1S/C12H16ClN.ClH/c1-10-2-4-11(5-3-10)6-7-12(8-13)9-14;/h2-5,8H,6-7,9,14H2,1H3;1H/b12-8+;. The van der Waals surface area contributed by atoms with Crippen molar-refractivity contribution in [3.8, 4) is 0 Å². The number of hydrogen-bond donors (Lipinski definition) is 1. The van der Waals surface area contributed by atoms with Crippen LogP contribution in [0.15, 0.2) is 35.4 Å². The van der Waals surface area contributed by atoms with Crippen LogP contribution >= 0.6 is 24.0 Å². The van der Waals surface area contributed by atoms with E-state index < -0.39 is 0 Å². The van der Waals surface area contributed by atoms with E-state index in [4.69, 9.17) is 17.3 Å². The van der Waals surface area contributed by atoms with Crippen LogP contribution < -0.4 is 5.73 Å². The van der Waals surface area contributed by atoms with Gasteiger partial charge in [0.2, 0.25) is 0 Å². The van der Waals surface area contributed by atoms with Gasteiger partial charge in [-0.25, -0.2) is 0 Å². The van der Waals surface area contributed by atoms with Crippen molar-refractivity contribution in [1.82, 2.24) is 0 Å². The van der Waals surface area contributed by atoms with Gasteiger partial charge in [0.25, 0.3) is 0 Å². The third kappa shape index (κ3) is 5.22. The number of nitrogens with two attached hydrogens (primary N) is 1. The maximum Gasteiger partial charge on any atom is 0.0148 e. The largest absolute Gasteiger partial charge is 0.327 e. The Morgan fingerprint density at radius 2 is 1.93 bits per heavy atom. The Labute approximate surface area is 103 Å². The Morgan fingerprint density at radius 1 is 1.33 bits per heavy atom. The number of hydrogen-bond acceptors (Lipinski definition) is 1. The highest BCUT2D eigenvalue weighted by Gasteiger charge is 1.96. The number of halogens is 2. The summed E-state index contributed by atoms with van der Waals surface area (Å²) < 4.78 is 0. The molecule has 0 radical (unpaired) electrons. The van der Waals surface area contributed by atoms with Crippen molar-refractivity contribution in [2.24, 2.45) is 5.73 Å². The molecule has 0 saturated heterocycles. The highest BCUT2D eigenvalue weighted by atomic mass is 35.5. The maximum absolute atomic E-state index is 5.62. The predicted octanol–water partition coefficient (Wildman–Crippen LogP) is 3.43. The fourth-order valence-electron chi connectivity index (χ4n) is 1.26. The summed E-state index contributed by atoms with van der Waals surface area (Å²) in [7, 11) is 0. The second kappa shape index (κ2) is 7.75. The van der Waals surface area contributed by atoms with E-state index in [9.17, 15) is 0 Å². The second-order valence-corrected chi connectivity index (χ2v) is 3.68. The fourth-order valence-corrected chi connectivity index (χ4v) is 1.46. The minimum Gasteiger partial charge on any atom is -0.327 e. The van der Waals surface area contributed by atoms with Gasteiger partial charge in [0, 0.05) is 12.1 Å². The first-order valence-corrected chi connectivity index (χ1v) is 5.23. The third-order valence-electron chi connectivity index (χ3n) is 2.27. The summed E-state index contributed by atoms with van der Waals surface area (Å²) in [5.41, 5.74) is 10.8. The van der Waals surface area contributed by atoms with Crippen molar-refractivity contribution in [2.75, 3.05) is 6.54 Å². The summed E-state index contributed by atoms with van der Waals surface area (Å²) in [6, 6.07) is 8.55. The maximum atomic E-state index is 5.62. The Hall–Kier alpha value is -0.500. The summed E-state index contributed by atoms with van der Waals surface area (Å²) in [6.07, 6.45) is 1.96. The molecule has 0 amide bonds. The van der Waals surface area contributed by atoms with Crippen molar-refractivity contribution in [1.29, 1.82) is 0 Å². The molecule has 2 N–H and O–H groups in total.